The monoisotopic (exact) mass is 183 g/mol. The topological polar surface area (TPSA) is 44.4 Å². The van der Waals surface area contributed by atoms with Crippen LogP contribution in [0, 0.1) is 0 Å². The number of hydrogen-bond acceptors (Lipinski definition) is 2. The molecule has 4 heteroatoms. The fourth-order valence-corrected chi connectivity index (χ4v) is 2.10. The van der Waals surface area contributed by atoms with Crippen LogP contribution in [0.3, 0.4) is 0 Å². The molecule has 2 saturated heterocycles. The van der Waals surface area contributed by atoms with E-state index in [2.05, 4.69) is 10.6 Å². The number of rotatable bonds is 2. The van der Waals surface area contributed by atoms with Gasteiger partial charge in [0, 0.05) is 25.2 Å². The zero-order valence-electron chi connectivity index (χ0n) is 8.05. The summed E-state index contributed by atoms with van der Waals surface area (Å²) in [5.74, 6) is 0. The van der Waals surface area contributed by atoms with Crippen molar-refractivity contribution in [2.45, 2.75) is 31.8 Å². The summed E-state index contributed by atoms with van der Waals surface area (Å²) in [5.41, 5.74) is 0. The normalized spacial score (nSPS) is 33.9. The molecule has 0 aromatic rings. The summed E-state index contributed by atoms with van der Waals surface area (Å²) in [4.78, 5) is 13.3. The van der Waals surface area contributed by atoms with Gasteiger partial charge in [0.15, 0.2) is 0 Å². The third kappa shape index (κ3) is 1.94. The van der Waals surface area contributed by atoms with Crippen molar-refractivity contribution in [3.8, 4) is 0 Å². The van der Waals surface area contributed by atoms with Crippen LogP contribution in [0.2, 0.25) is 0 Å². The van der Waals surface area contributed by atoms with Crippen molar-refractivity contribution in [3.05, 3.63) is 0 Å². The quantitative estimate of drug-likeness (QED) is 0.640. The fraction of sp³-hybridized carbons (Fsp3) is 0.889. The third-order valence-electron chi connectivity index (χ3n) is 2.75. The number of amides is 2. The Balaban J connectivity index is 1.83. The highest BCUT2D eigenvalue weighted by Gasteiger charge is 2.28. The molecule has 74 valence electrons. The van der Waals surface area contributed by atoms with Gasteiger partial charge < -0.3 is 15.5 Å². The Morgan fingerprint density at radius 3 is 3.00 bits per heavy atom. The molecule has 0 aliphatic carbocycles. The van der Waals surface area contributed by atoms with Gasteiger partial charge in [0.2, 0.25) is 0 Å². The minimum Gasteiger partial charge on any atom is -0.334 e. The average Bonchev–Trinajstić information content (AvgIpc) is 2.63. The first-order valence-corrected chi connectivity index (χ1v) is 5.04. The molecule has 2 fully saturated rings. The lowest BCUT2D eigenvalue weighted by molar-refractivity contribution is 0.213. The predicted molar refractivity (Wildman–Crippen MR) is 50.6 cm³/mol. The van der Waals surface area contributed by atoms with Gasteiger partial charge in [-0.15, -0.1) is 0 Å². The molecule has 2 unspecified atom stereocenters. The van der Waals surface area contributed by atoms with Crippen LogP contribution in [0.4, 0.5) is 4.79 Å². The molecule has 4 nitrogen and oxygen atoms in total. The minimum atomic E-state index is 0.0983. The smallest absolute Gasteiger partial charge is 0.317 e. The second-order valence-electron chi connectivity index (χ2n) is 4.05. The van der Waals surface area contributed by atoms with Crippen LogP contribution in [0.5, 0.6) is 0 Å². The van der Waals surface area contributed by atoms with E-state index >= 15 is 0 Å². The van der Waals surface area contributed by atoms with Gasteiger partial charge >= 0.3 is 6.03 Å². The second kappa shape index (κ2) is 3.54. The first-order chi connectivity index (χ1) is 6.25. The molecule has 13 heavy (non-hydrogen) atoms. The Bertz CT molecular complexity index is 201. The van der Waals surface area contributed by atoms with Crippen LogP contribution in [0.15, 0.2) is 0 Å². The minimum absolute atomic E-state index is 0.0983. The van der Waals surface area contributed by atoms with Gasteiger partial charge in [-0.3, -0.25) is 0 Å². The molecule has 0 radical (unpaired) electrons. The molecule has 2 heterocycles. The van der Waals surface area contributed by atoms with Crippen molar-refractivity contribution in [2.75, 3.05) is 19.6 Å². The summed E-state index contributed by atoms with van der Waals surface area (Å²) in [6.45, 7) is 4.88. The van der Waals surface area contributed by atoms with Crippen molar-refractivity contribution < 1.29 is 4.79 Å². The largest absolute Gasteiger partial charge is 0.334 e. The van der Waals surface area contributed by atoms with Crippen LogP contribution in [-0.4, -0.2) is 42.6 Å². The lowest BCUT2D eigenvalue weighted by Crippen LogP contribution is -2.39. The highest BCUT2D eigenvalue weighted by atomic mass is 16.2. The molecule has 0 bridgehead atoms. The number of carbonyl (C=O) groups is 1. The summed E-state index contributed by atoms with van der Waals surface area (Å²) in [5, 5.41) is 6.30. The maximum Gasteiger partial charge on any atom is 0.317 e. The van der Waals surface area contributed by atoms with Crippen molar-refractivity contribution >= 4 is 6.03 Å². The Kier molecular flexibility index (Phi) is 2.40. The van der Waals surface area contributed by atoms with E-state index in [1.807, 2.05) is 11.8 Å². The summed E-state index contributed by atoms with van der Waals surface area (Å²) >= 11 is 0. The maximum absolute atomic E-state index is 11.4. The predicted octanol–water partition coefficient (Wildman–Crippen LogP) is 0.152. The number of hydrogen-bond donors (Lipinski definition) is 2. The van der Waals surface area contributed by atoms with Crippen LogP contribution in [0.25, 0.3) is 0 Å². The van der Waals surface area contributed by atoms with E-state index in [0.29, 0.717) is 12.1 Å². The molecule has 0 aromatic carbocycles. The van der Waals surface area contributed by atoms with Crippen molar-refractivity contribution in [2.24, 2.45) is 0 Å². The van der Waals surface area contributed by atoms with Gasteiger partial charge in [0.1, 0.15) is 0 Å². The van der Waals surface area contributed by atoms with Gasteiger partial charge in [-0.1, -0.05) is 0 Å². The Labute approximate surface area is 78.7 Å². The molecule has 2 rings (SSSR count). The van der Waals surface area contributed by atoms with Gasteiger partial charge in [-0.05, 0) is 26.3 Å². The fourth-order valence-electron chi connectivity index (χ4n) is 2.10. The van der Waals surface area contributed by atoms with E-state index in [4.69, 9.17) is 0 Å². The van der Waals surface area contributed by atoms with Crippen LogP contribution in [-0.2, 0) is 0 Å². The summed E-state index contributed by atoms with van der Waals surface area (Å²) in [7, 11) is 0. The van der Waals surface area contributed by atoms with E-state index < -0.39 is 0 Å². The Morgan fingerprint density at radius 2 is 2.46 bits per heavy atom. The number of carbonyl (C=O) groups excluding carboxylic acids is 1. The van der Waals surface area contributed by atoms with E-state index in [-0.39, 0.29) is 6.03 Å². The summed E-state index contributed by atoms with van der Waals surface area (Å²) < 4.78 is 0. The van der Waals surface area contributed by atoms with Crippen molar-refractivity contribution in [3.63, 3.8) is 0 Å². The lowest BCUT2D eigenvalue weighted by Gasteiger charge is -2.19. The van der Waals surface area contributed by atoms with Crippen molar-refractivity contribution in [1.29, 1.82) is 0 Å². The molecule has 2 amide bonds. The van der Waals surface area contributed by atoms with E-state index in [0.717, 1.165) is 19.6 Å². The molecular formula is C9H17N3O. The number of nitrogens with zero attached hydrogens (tertiary/aromatic N) is 1. The maximum atomic E-state index is 11.4. The van der Waals surface area contributed by atoms with Crippen molar-refractivity contribution in [1.82, 2.24) is 15.5 Å². The zero-order valence-corrected chi connectivity index (χ0v) is 8.05. The molecule has 2 atom stereocenters. The number of nitrogens with one attached hydrogen (secondary N) is 2. The van der Waals surface area contributed by atoms with Gasteiger partial charge in [0.05, 0.1) is 0 Å². The van der Waals surface area contributed by atoms with Crippen LogP contribution >= 0.6 is 0 Å². The molecule has 2 aliphatic rings. The SMILES string of the molecule is CC1CN(CC2CCCN2)C(=O)N1. The highest BCUT2D eigenvalue weighted by molar-refractivity contribution is 5.76. The summed E-state index contributed by atoms with van der Waals surface area (Å²) in [6.07, 6.45) is 2.45. The Hall–Kier alpha value is -0.770. The van der Waals surface area contributed by atoms with Gasteiger partial charge in [-0.2, -0.15) is 0 Å². The lowest BCUT2D eigenvalue weighted by atomic mass is 10.2. The molecule has 2 N–H and O–H groups in total. The first kappa shape index (κ1) is 8.81. The molecule has 2 aliphatic heterocycles. The molecule has 0 aromatic heterocycles. The van der Waals surface area contributed by atoms with E-state index in [1.54, 1.807) is 0 Å². The standard InChI is InChI=1S/C9H17N3O/c1-7-5-12(9(13)11-7)6-8-3-2-4-10-8/h7-8,10H,2-6H2,1H3,(H,11,13). The van der Waals surface area contributed by atoms with Crippen LogP contribution in [0.1, 0.15) is 19.8 Å². The molecule has 0 spiro atoms. The Morgan fingerprint density at radius 1 is 1.62 bits per heavy atom. The van der Waals surface area contributed by atoms with Gasteiger partial charge in [0.25, 0.3) is 0 Å². The average molecular weight is 183 g/mol. The van der Waals surface area contributed by atoms with E-state index in [9.17, 15) is 4.79 Å². The first-order valence-electron chi connectivity index (χ1n) is 5.04. The van der Waals surface area contributed by atoms with Crippen LogP contribution < -0.4 is 10.6 Å². The second-order valence-corrected chi connectivity index (χ2v) is 4.05. The zero-order chi connectivity index (χ0) is 9.26. The molecule has 0 saturated carbocycles. The van der Waals surface area contributed by atoms with E-state index in [1.165, 1.54) is 12.8 Å². The number of urea groups is 1. The van der Waals surface area contributed by atoms with Gasteiger partial charge in [-0.25, -0.2) is 4.79 Å². The third-order valence-corrected chi connectivity index (χ3v) is 2.75. The summed E-state index contributed by atoms with van der Waals surface area (Å²) in [6, 6.07) is 0.936. The molecular weight excluding hydrogens is 166 g/mol. The highest BCUT2D eigenvalue weighted by Crippen LogP contribution is 2.10.